The van der Waals surface area contributed by atoms with Crippen molar-refractivity contribution in [1.29, 1.82) is 0 Å². The van der Waals surface area contributed by atoms with Gasteiger partial charge in [0.2, 0.25) is 5.91 Å². The standard InChI is InChI=1S/C21H21BrN4O4/c22-15-6-7-16-17(12-15)21(30)26(20(16)29)11-2-5-18(27)24-9-3-10-25-19(28)14-4-1-8-23-13-14/h1,4,6-8,12-13H,2-3,5,9-11H2,(H,24,27)(H,25,28). The van der Waals surface area contributed by atoms with E-state index in [4.69, 9.17) is 0 Å². The number of pyridine rings is 1. The highest BCUT2D eigenvalue weighted by atomic mass is 79.9. The van der Waals surface area contributed by atoms with Crippen molar-refractivity contribution in [3.63, 3.8) is 0 Å². The number of rotatable bonds is 9. The quantitative estimate of drug-likeness (QED) is 0.429. The summed E-state index contributed by atoms with van der Waals surface area (Å²) in [7, 11) is 0. The lowest BCUT2D eigenvalue weighted by Crippen LogP contribution is -2.32. The number of nitrogens with one attached hydrogen (secondary N) is 2. The third kappa shape index (κ3) is 5.29. The zero-order valence-electron chi connectivity index (χ0n) is 16.2. The van der Waals surface area contributed by atoms with Gasteiger partial charge in [-0.2, -0.15) is 0 Å². The predicted octanol–water partition coefficient (Wildman–Crippen LogP) is 2.16. The summed E-state index contributed by atoms with van der Waals surface area (Å²) in [6.07, 6.45) is 4.27. The van der Waals surface area contributed by atoms with Crippen LogP contribution in [0.3, 0.4) is 0 Å². The molecular formula is C21H21BrN4O4. The van der Waals surface area contributed by atoms with Crippen LogP contribution >= 0.6 is 15.9 Å². The maximum atomic E-state index is 12.4. The molecule has 9 heteroatoms. The lowest BCUT2D eigenvalue weighted by Gasteiger charge is -2.13. The minimum Gasteiger partial charge on any atom is -0.356 e. The van der Waals surface area contributed by atoms with Crippen molar-refractivity contribution < 1.29 is 19.2 Å². The number of carbonyl (C=O) groups is 4. The Hall–Kier alpha value is -3.07. The van der Waals surface area contributed by atoms with Gasteiger partial charge in [0.25, 0.3) is 17.7 Å². The minimum atomic E-state index is -0.332. The number of benzene rings is 1. The molecule has 30 heavy (non-hydrogen) atoms. The van der Waals surface area contributed by atoms with Crippen LogP contribution in [0.2, 0.25) is 0 Å². The average molecular weight is 473 g/mol. The molecule has 0 aliphatic carbocycles. The number of halogens is 1. The number of imide groups is 1. The maximum Gasteiger partial charge on any atom is 0.261 e. The van der Waals surface area contributed by atoms with Crippen LogP contribution in [0.15, 0.2) is 47.2 Å². The van der Waals surface area contributed by atoms with Gasteiger partial charge in [0.1, 0.15) is 0 Å². The first-order valence-corrected chi connectivity index (χ1v) is 10.4. The van der Waals surface area contributed by atoms with E-state index in [1.165, 1.54) is 11.1 Å². The lowest BCUT2D eigenvalue weighted by molar-refractivity contribution is -0.121. The molecule has 0 atom stereocenters. The fourth-order valence-electron chi connectivity index (χ4n) is 3.07. The number of aromatic nitrogens is 1. The molecule has 2 N–H and O–H groups in total. The van der Waals surface area contributed by atoms with Gasteiger partial charge in [-0.15, -0.1) is 0 Å². The lowest BCUT2D eigenvalue weighted by atomic mass is 10.1. The molecular weight excluding hydrogens is 452 g/mol. The maximum absolute atomic E-state index is 12.4. The summed E-state index contributed by atoms with van der Waals surface area (Å²) in [5.74, 6) is -1.02. The topological polar surface area (TPSA) is 108 Å². The van der Waals surface area contributed by atoms with Crippen LogP contribution in [0.5, 0.6) is 0 Å². The number of hydrogen-bond donors (Lipinski definition) is 2. The SMILES string of the molecule is O=C(CCCN1C(=O)c2ccc(Br)cc2C1=O)NCCCNC(=O)c1cccnc1. The van der Waals surface area contributed by atoms with E-state index in [0.717, 1.165) is 4.47 Å². The van der Waals surface area contributed by atoms with Gasteiger partial charge < -0.3 is 10.6 Å². The monoisotopic (exact) mass is 472 g/mol. The molecule has 0 fully saturated rings. The summed E-state index contributed by atoms with van der Waals surface area (Å²) in [4.78, 5) is 53.6. The van der Waals surface area contributed by atoms with Crippen LogP contribution < -0.4 is 10.6 Å². The number of hydrogen-bond acceptors (Lipinski definition) is 5. The van der Waals surface area contributed by atoms with Crippen LogP contribution in [-0.4, -0.2) is 53.1 Å². The summed E-state index contributed by atoms with van der Waals surface area (Å²) < 4.78 is 0.736. The largest absolute Gasteiger partial charge is 0.356 e. The fraction of sp³-hybridized carbons (Fsp3) is 0.286. The van der Waals surface area contributed by atoms with Crippen molar-refractivity contribution in [3.05, 3.63) is 63.9 Å². The Labute approximate surface area is 182 Å². The number of amides is 4. The molecule has 2 heterocycles. The third-order valence-corrected chi connectivity index (χ3v) is 5.10. The van der Waals surface area contributed by atoms with Gasteiger partial charge >= 0.3 is 0 Å². The Morgan fingerprint density at radius 3 is 2.53 bits per heavy atom. The van der Waals surface area contributed by atoms with E-state index < -0.39 is 0 Å². The molecule has 1 aromatic carbocycles. The Kier molecular flexibility index (Phi) is 7.29. The minimum absolute atomic E-state index is 0.159. The fourth-order valence-corrected chi connectivity index (χ4v) is 3.43. The molecule has 1 aliphatic rings. The number of carbonyl (C=O) groups excluding carboxylic acids is 4. The highest BCUT2D eigenvalue weighted by molar-refractivity contribution is 9.10. The molecule has 1 aromatic heterocycles. The highest BCUT2D eigenvalue weighted by Gasteiger charge is 2.35. The molecule has 0 radical (unpaired) electrons. The highest BCUT2D eigenvalue weighted by Crippen LogP contribution is 2.26. The van der Waals surface area contributed by atoms with Gasteiger partial charge in [0.05, 0.1) is 16.7 Å². The van der Waals surface area contributed by atoms with Gasteiger partial charge in [0.15, 0.2) is 0 Å². The van der Waals surface area contributed by atoms with E-state index in [-0.39, 0.29) is 36.6 Å². The summed E-state index contributed by atoms with van der Waals surface area (Å²) in [5.41, 5.74) is 1.26. The van der Waals surface area contributed by atoms with E-state index >= 15 is 0 Å². The Morgan fingerprint density at radius 2 is 1.77 bits per heavy atom. The van der Waals surface area contributed by atoms with Gasteiger partial charge in [-0.3, -0.25) is 29.1 Å². The second-order valence-corrected chi connectivity index (χ2v) is 7.67. The first-order valence-electron chi connectivity index (χ1n) is 9.58. The number of nitrogens with zero attached hydrogens (tertiary/aromatic N) is 2. The second-order valence-electron chi connectivity index (χ2n) is 6.76. The van der Waals surface area contributed by atoms with E-state index in [2.05, 4.69) is 31.5 Å². The molecule has 156 valence electrons. The predicted molar refractivity (Wildman–Crippen MR) is 113 cm³/mol. The van der Waals surface area contributed by atoms with Crippen LogP contribution in [0.25, 0.3) is 0 Å². The van der Waals surface area contributed by atoms with Gasteiger partial charge in [-0.05, 0) is 43.2 Å². The van der Waals surface area contributed by atoms with Crippen molar-refractivity contribution in [2.24, 2.45) is 0 Å². The molecule has 0 saturated carbocycles. The van der Waals surface area contributed by atoms with Crippen molar-refractivity contribution in [2.45, 2.75) is 19.3 Å². The molecule has 8 nitrogen and oxygen atoms in total. The molecule has 4 amide bonds. The summed E-state index contributed by atoms with van der Waals surface area (Å²) in [6.45, 7) is 1.05. The molecule has 0 spiro atoms. The Morgan fingerprint density at radius 1 is 1.00 bits per heavy atom. The molecule has 1 aliphatic heterocycles. The smallest absolute Gasteiger partial charge is 0.261 e. The van der Waals surface area contributed by atoms with E-state index in [9.17, 15) is 19.2 Å². The summed E-state index contributed by atoms with van der Waals surface area (Å²) in [6, 6.07) is 8.35. The summed E-state index contributed by atoms with van der Waals surface area (Å²) in [5, 5.41) is 5.53. The average Bonchev–Trinajstić information content (AvgIpc) is 2.98. The van der Waals surface area contributed by atoms with Crippen LogP contribution in [-0.2, 0) is 4.79 Å². The molecule has 2 aromatic rings. The normalized spacial score (nSPS) is 12.6. The Balaban J connectivity index is 1.32. The molecule has 0 saturated heterocycles. The van der Waals surface area contributed by atoms with Gasteiger partial charge in [-0.25, -0.2) is 0 Å². The first kappa shape index (κ1) is 21.6. The van der Waals surface area contributed by atoms with Gasteiger partial charge in [-0.1, -0.05) is 15.9 Å². The zero-order chi connectivity index (χ0) is 21.5. The van der Waals surface area contributed by atoms with Crippen LogP contribution in [0, 0.1) is 0 Å². The number of fused-ring (bicyclic) bond motifs is 1. The third-order valence-electron chi connectivity index (χ3n) is 4.60. The van der Waals surface area contributed by atoms with Crippen LogP contribution in [0.4, 0.5) is 0 Å². The van der Waals surface area contributed by atoms with Gasteiger partial charge in [0, 0.05) is 42.9 Å². The Bertz CT molecular complexity index is 965. The van der Waals surface area contributed by atoms with Crippen LogP contribution in [0.1, 0.15) is 50.3 Å². The van der Waals surface area contributed by atoms with E-state index in [0.29, 0.717) is 42.6 Å². The molecule has 3 rings (SSSR count). The van der Waals surface area contributed by atoms with Crippen molar-refractivity contribution in [1.82, 2.24) is 20.5 Å². The molecule has 0 unspecified atom stereocenters. The van der Waals surface area contributed by atoms with Crippen molar-refractivity contribution in [2.75, 3.05) is 19.6 Å². The zero-order valence-corrected chi connectivity index (χ0v) is 17.8. The van der Waals surface area contributed by atoms with E-state index in [1.807, 2.05) is 0 Å². The second kappa shape index (κ2) is 10.1. The van der Waals surface area contributed by atoms with Crippen molar-refractivity contribution in [3.8, 4) is 0 Å². The van der Waals surface area contributed by atoms with Crippen molar-refractivity contribution >= 4 is 39.6 Å². The first-order chi connectivity index (χ1) is 14.5. The summed E-state index contributed by atoms with van der Waals surface area (Å²) >= 11 is 3.30. The van der Waals surface area contributed by atoms with E-state index in [1.54, 1.807) is 36.5 Å². The molecule has 0 bridgehead atoms.